The third-order valence-corrected chi connectivity index (χ3v) is 8.22. The highest BCUT2D eigenvalue weighted by Crippen LogP contribution is 2.27. The van der Waals surface area contributed by atoms with E-state index >= 15 is 0 Å². The van der Waals surface area contributed by atoms with Gasteiger partial charge in [-0.3, -0.25) is 19.6 Å². The van der Waals surface area contributed by atoms with Crippen LogP contribution in [0.15, 0.2) is 77.1 Å². The molecule has 4 aromatic rings. The highest BCUT2D eigenvalue weighted by atomic mass is 35.5. The number of amides is 2. The van der Waals surface area contributed by atoms with Gasteiger partial charge in [-0.05, 0) is 42.8 Å². The summed E-state index contributed by atoms with van der Waals surface area (Å²) in [6, 6.07) is 19.6. The van der Waals surface area contributed by atoms with E-state index in [4.69, 9.17) is 23.2 Å². The Balaban J connectivity index is 1.49. The van der Waals surface area contributed by atoms with E-state index in [-0.39, 0.29) is 33.0 Å². The maximum absolute atomic E-state index is 13.0. The van der Waals surface area contributed by atoms with Gasteiger partial charge < -0.3 is 5.32 Å². The molecular formula is C24H19Cl2N5O4S2. The fraction of sp³-hybridized carbons (Fsp3) is 0.0833. The predicted octanol–water partition coefficient (Wildman–Crippen LogP) is 5.39. The van der Waals surface area contributed by atoms with Gasteiger partial charge in [-0.15, -0.1) is 10.2 Å². The van der Waals surface area contributed by atoms with Crippen molar-refractivity contribution in [2.45, 2.75) is 17.3 Å². The van der Waals surface area contributed by atoms with E-state index in [0.717, 1.165) is 5.56 Å². The average Bonchev–Trinajstić information content (AvgIpc) is 3.34. The second kappa shape index (κ2) is 11.3. The molecule has 1 aromatic heterocycles. The number of halogens is 2. The summed E-state index contributed by atoms with van der Waals surface area (Å²) < 4.78 is 28.0. The van der Waals surface area contributed by atoms with Crippen molar-refractivity contribution in [2.24, 2.45) is 0 Å². The second-order valence-electron chi connectivity index (χ2n) is 7.71. The number of benzene rings is 3. The molecule has 0 aliphatic carbocycles. The first kappa shape index (κ1) is 26.6. The lowest BCUT2D eigenvalue weighted by molar-refractivity contribution is 0.0940. The number of aromatic nitrogens is 2. The molecule has 0 bridgehead atoms. The Hall–Kier alpha value is -3.51. The number of sulfonamides is 1. The molecule has 9 nitrogen and oxygen atoms in total. The minimum absolute atomic E-state index is 0.0564. The highest BCUT2D eigenvalue weighted by Gasteiger charge is 2.24. The van der Waals surface area contributed by atoms with Crippen LogP contribution in [0.3, 0.4) is 0 Å². The molecule has 0 aliphatic heterocycles. The molecule has 0 aliphatic rings. The van der Waals surface area contributed by atoms with Gasteiger partial charge in [0, 0.05) is 5.02 Å². The summed E-state index contributed by atoms with van der Waals surface area (Å²) in [5, 5.41) is 13.2. The van der Waals surface area contributed by atoms with Gasteiger partial charge in [0.25, 0.3) is 26.2 Å². The first-order valence-electron chi connectivity index (χ1n) is 10.7. The Morgan fingerprint density at radius 3 is 2.32 bits per heavy atom. The molecule has 13 heteroatoms. The van der Waals surface area contributed by atoms with Crippen LogP contribution in [0.2, 0.25) is 10.0 Å². The van der Waals surface area contributed by atoms with Crippen LogP contribution in [0.4, 0.5) is 10.8 Å². The number of carbonyl (C=O) groups excluding carboxylic acids is 2. The van der Waals surface area contributed by atoms with Crippen molar-refractivity contribution in [3.63, 3.8) is 0 Å². The molecule has 3 aromatic carbocycles. The molecule has 1 heterocycles. The molecule has 2 amide bonds. The Kier molecular flexibility index (Phi) is 8.08. The van der Waals surface area contributed by atoms with Crippen molar-refractivity contribution < 1.29 is 18.0 Å². The van der Waals surface area contributed by atoms with Crippen LogP contribution in [0.25, 0.3) is 0 Å². The molecule has 0 saturated heterocycles. The molecule has 0 saturated carbocycles. The Morgan fingerprint density at radius 1 is 0.892 bits per heavy atom. The molecule has 0 unspecified atom stereocenters. The quantitative estimate of drug-likeness (QED) is 0.241. The summed E-state index contributed by atoms with van der Waals surface area (Å²) >= 11 is 12.5. The van der Waals surface area contributed by atoms with Crippen LogP contribution in [-0.4, -0.2) is 30.4 Å². The minimum Gasteiger partial charge on any atom is -0.345 e. The van der Waals surface area contributed by atoms with E-state index in [1.54, 1.807) is 12.1 Å². The van der Waals surface area contributed by atoms with Gasteiger partial charge in [0.15, 0.2) is 0 Å². The molecule has 4 rings (SSSR count). The number of hydrogen-bond donors (Lipinski definition) is 3. The third-order valence-electron chi connectivity index (χ3n) is 5.10. The van der Waals surface area contributed by atoms with Gasteiger partial charge in [0.1, 0.15) is 0 Å². The van der Waals surface area contributed by atoms with E-state index in [2.05, 4.69) is 25.6 Å². The molecular weight excluding hydrogens is 557 g/mol. The second-order valence-corrected chi connectivity index (χ2v) is 11.4. The number of nitrogens with one attached hydrogen (secondary N) is 3. The largest absolute Gasteiger partial charge is 0.345 e. The molecule has 0 radical (unpaired) electrons. The van der Waals surface area contributed by atoms with E-state index in [9.17, 15) is 18.0 Å². The number of rotatable bonds is 8. The fourth-order valence-corrected chi connectivity index (χ4v) is 5.74. The highest BCUT2D eigenvalue weighted by molar-refractivity contribution is 7.94. The maximum atomic E-state index is 13.0. The van der Waals surface area contributed by atoms with Crippen LogP contribution in [0, 0.1) is 0 Å². The van der Waals surface area contributed by atoms with Gasteiger partial charge in [0.2, 0.25) is 5.13 Å². The summed E-state index contributed by atoms with van der Waals surface area (Å²) in [6.45, 7) is 1.83. The monoisotopic (exact) mass is 575 g/mol. The summed E-state index contributed by atoms with van der Waals surface area (Å²) in [4.78, 5) is 25.4. The van der Waals surface area contributed by atoms with Crippen LogP contribution < -0.4 is 15.4 Å². The Bertz CT molecular complexity index is 1560. The van der Waals surface area contributed by atoms with Crippen LogP contribution in [0.5, 0.6) is 0 Å². The maximum Gasteiger partial charge on any atom is 0.291 e. The zero-order valence-electron chi connectivity index (χ0n) is 19.1. The standard InChI is InChI=1S/C24H19Cl2N5O4S2/c1-14(15-7-3-2-4-8-15)27-22(33)18-9-5-6-10-20(18)31-37(34,35)24-30-29-23(36-24)28-21(32)17-12-11-16(25)13-19(17)26/h2-14,31H,1H3,(H,27,33)(H,28,29,32)/t14-/m0/s1. The molecule has 1 atom stereocenters. The summed E-state index contributed by atoms with van der Waals surface area (Å²) in [6.07, 6.45) is 0. The third kappa shape index (κ3) is 6.44. The van der Waals surface area contributed by atoms with Gasteiger partial charge in [-0.25, -0.2) is 0 Å². The summed E-state index contributed by atoms with van der Waals surface area (Å²) in [7, 11) is -4.22. The average molecular weight is 576 g/mol. The van der Waals surface area contributed by atoms with Gasteiger partial charge in [-0.1, -0.05) is 77.0 Å². The van der Waals surface area contributed by atoms with Crippen LogP contribution in [0.1, 0.15) is 39.2 Å². The molecule has 37 heavy (non-hydrogen) atoms. The number of anilines is 2. The predicted molar refractivity (Wildman–Crippen MR) is 144 cm³/mol. The summed E-state index contributed by atoms with van der Waals surface area (Å²) in [5.74, 6) is -1.07. The number of para-hydroxylation sites is 1. The first-order chi connectivity index (χ1) is 17.6. The van der Waals surface area contributed by atoms with Gasteiger partial charge >= 0.3 is 0 Å². The van der Waals surface area contributed by atoms with Crippen molar-refractivity contribution in [1.29, 1.82) is 0 Å². The van der Waals surface area contributed by atoms with Crippen molar-refractivity contribution in [3.8, 4) is 0 Å². The SMILES string of the molecule is C[C@H](NC(=O)c1ccccc1NS(=O)(=O)c1nnc(NC(=O)c2ccc(Cl)cc2Cl)s1)c1ccccc1. The van der Waals surface area contributed by atoms with E-state index < -0.39 is 26.2 Å². The smallest absolute Gasteiger partial charge is 0.291 e. The molecule has 190 valence electrons. The molecule has 0 spiro atoms. The van der Waals surface area contributed by atoms with Gasteiger partial charge in [0.05, 0.1) is 27.9 Å². The van der Waals surface area contributed by atoms with E-state index in [1.807, 2.05) is 37.3 Å². The number of nitrogens with zero attached hydrogens (tertiary/aromatic N) is 2. The normalized spacial score (nSPS) is 12.0. The zero-order chi connectivity index (χ0) is 26.6. The first-order valence-corrected chi connectivity index (χ1v) is 13.8. The fourth-order valence-electron chi connectivity index (χ4n) is 3.26. The lowest BCUT2D eigenvalue weighted by atomic mass is 10.1. The zero-order valence-corrected chi connectivity index (χ0v) is 22.3. The minimum atomic E-state index is -4.22. The van der Waals surface area contributed by atoms with Crippen LogP contribution in [-0.2, 0) is 10.0 Å². The van der Waals surface area contributed by atoms with Crippen molar-refractivity contribution in [3.05, 3.63) is 99.5 Å². The Labute approximate surface area is 226 Å². The van der Waals surface area contributed by atoms with Crippen molar-refractivity contribution >= 4 is 67.2 Å². The van der Waals surface area contributed by atoms with Crippen LogP contribution >= 0.6 is 34.5 Å². The Morgan fingerprint density at radius 2 is 1.59 bits per heavy atom. The number of carbonyl (C=O) groups is 2. The van der Waals surface area contributed by atoms with E-state index in [0.29, 0.717) is 16.4 Å². The molecule has 0 fully saturated rings. The summed E-state index contributed by atoms with van der Waals surface area (Å²) in [5.41, 5.74) is 1.23. The topological polar surface area (TPSA) is 130 Å². The lowest BCUT2D eigenvalue weighted by Crippen LogP contribution is -2.28. The van der Waals surface area contributed by atoms with Crippen molar-refractivity contribution in [1.82, 2.24) is 15.5 Å². The lowest BCUT2D eigenvalue weighted by Gasteiger charge is -2.16. The number of hydrogen-bond acceptors (Lipinski definition) is 7. The van der Waals surface area contributed by atoms with Gasteiger partial charge in [-0.2, -0.15) is 8.42 Å². The van der Waals surface area contributed by atoms with E-state index in [1.165, 1.54) is 30.3 Å². The molecule has 3 N–H and O–H groups in total. The van der Waals surface area contributed by atoms with Crippen molar-refractivity contribution in [2.75, 3.05) is 10.0 Å².